The van der Waals surface area contributed by atoms with Gasteiger partial charge in [0, 0.05) is 13.0 Å². The van der Waals surface area contributed by atoms with Gasteiger partial charge in [0.2, 0.25) is 11.8 Å². The van der Waals surface area contributed by atoms with Crippen LogP contribution in [0.25, 0.3) is 10.2 Å². The third kappa shape index (κ3) is 4.56. The summed E-state index contributed by atoms with van der Waals surface area (Å²) in [5, 5.41) is 3.61. The molecular weight excluding hydrogens is 410 g/mol. The van der Waals surface area contributed by atoms with Crippen LogP contribution >= 0.6 is 11.3 Å². The number of para-hydroxylation sites is 1. The van der Waals surface area contributed by atoms with Crippen LogP contribution in [0.5, 0.6) is 5.75 Å². The Labute approximate surface area is 186 Å². The fourth-order valence-corrected chi connectivity index (χ4v) is 5.03. The van der Waals surface area contributed by atoms with E-state index in [1.54, 1.807) is 7.11 Å². The van der Waals surface area contributed by atoms with Gasteiger partial charge >= 0.3 is 0 Å². The molecule has 6 nitrogen and oxygen atoms in total. The molecule has 2 amide bonds. The van der Waals surface area contributed by atoms with E-state index in [9.17, 15) is 9.59 Å². The number of benzene rings is 2. The molecule has 1 aliphatic rings. The number of rotatable bonds is 7. The fraction of sp³-hybridized carbons (Fsp3) is 0.375. The fourth-order valence-electron chi connectivity index (χ4n) is 4.16. The molecule has 0 spiro atoms. The Balaban J connectivity index is 1.63. The first kappa shape index (κ1) is 21.3. The zero-order valence-corrected chi connectivity index (χ0v) is 18.7. The van der Waals surface area contributed by atoms with Crippen LogP contribution in [0, 0.1) is 5.92 Å². The second-order valence-electron chi connectivity index (χ2n) is 7.78. The number of hydrogen-bond acceptors (Lipinski definition) is 5. The van der Waals surface area contributed by atoms with Gasteiger partial charge in [-0.2, -0.15) is 0 Å². The number of amides is 2. The highest BCUT2D eigenvalue weighted by Crippen LogP contribution is 2.38. The SMILES string of the molecule is CCCCN1C(=O)CC[C@H](C(=O)Nc2nc3ccccc3s2)[C@@H]1c1ccc(OC)cc1. The van der Waals surface area contributed by atoms with E-state index in [2.05, 4.69) is 17.2 Å². The summed E-state index contributed by atoms with van der Waals surface area (Å²) in [6.45, 7) is 2.76. The van der Waals surface area contributed by atoms with Crippen LogP contribution in [0.4, 0.5) is 5.13 Å². The molecule has 1 aliphatic heterocycles. The molecule has 2 heterocycles. The summed E-state index contributed by atoms with van der Waals surface area (Å²) in [6.07, 6.45) is 2.80. The molecule has 0 radical (unpaired) electrons. The van der Waals surface area contributed by atoms with Gasteiger partial charge in [0.25, 0.3) is 0 Å². The minimum atomic E-state index is -0.338. The smallest absolute Gasteiger partial charge is 0.231 e. The predicted molar refractivity (Wildman–Crippen MR) is 123 cm³/mol. The summed E-state index contributed by atoms with van der Waals surface area (Å²) in [5.41, 5.74) is 1.83. The number of methoxy groups -OCH3 is 1. The van der Waals surface area contributed by atoms with Gasteiger partial charge in [0.05, 0.1) is 29.3 Å². The Morgan fingerprint density at radius 3 is 2.71 bits per heavy atom. The van der Waals surface area contributed by atoms with E-state index in [1.807, 2.05) is 53.4 Å². The maximum absolute atomic E-state index is 13.4. The third-order valence-corrected chi connectivity index (χ3v) is 6.73. The lowest BCUT2D eigenvalue weighted by Gasteiger charge is -2.41. The monoisotopic (exact) mass is 437 g/mol. The van der Waals surface area contributed by atoms with Gasteiger partial charge in [-0.25, -0.2) is 4.98 Å². The molecule has 1 saturated heterocycles. The van der Waals surface area contributed by atoms with Crippen molar-refractivity contribution in [2.45, 2.75) is 38.6 Å². The lowest BCUT2D eigenvalue weighted by atomic mass is 9.83. The summed E-state index contributed by atoms with van der Waals surface area (Å²) in [5.74, 6) is 0.434. The molecule has 31 heavy (non-hydrogen) atoms. The molecule has 3 aromatic rings. The number of nitrogens with zero attached hydrogens (tertiary/aromatic N) is 2. The van der Waals surface area contributed by atoms with Crippen LogP contribution < -0.4 is 10.1 Å². The molecular formula is C24H27N3O3S. The third-order valence-electron chi connectivity index (χ3n) is 5.78. The molecule has 4 rings (SSSR count). The van der Waals surface area contributed by atoms with Crippen LogP contribution in [0.1, 0.15) is 44.2 Å². The van der Waals surface area contributed by atoms with Crippen molar-refractivity contribution in [1.82, 2.24) is 9.88 Å². The number of ether oxygens (including phenoxy) is 1. The second-order valence-corrected chi connectivity index (χ2v) is 8.81. The number of carbonyl (C=O) groups is 2. The quantitative estimate of drug-likeness (QED) is 0.563. The molecule has 162 valence electrons. The first-order valence-electron chi connectivity index (χ1n) is 10.7. The predicted octanol–water partition coefficient (Wildman–Crippen LogP) is 5.02. The van der Waals surface area contributed by atoms with E-state index in [0.717, 1.165) is 34.4 Å². The van der Waals surface area contributed by atoms with E-state index in [4.69, 9.17) is 4.74 Å². The first-order valence-corrected chi connectivity index (χ1v) is 11.5. The van der Waals surface area contributed by atoms with Gasteiger partial charge in [-0.05, 0) is 42.7 Å². The van der Waals surface area contributed by atoms with E-state index < -0.39 is 0 Å². The van der Waals surface area contributed by atoms with E-state index in [-0.39, 0.29) is 23.8 Å². The van der Waals surface area contributed by atoms with E-state index >= 15 is 0 Å². The molecule has 1 N–H and O–H groups in total. The molecule has 1 fully saturated rings. The van der Waals surface area contributed by atoms with Crippen molar-refractivity contribution in [2.75, 3.05) is 19.0 Å². The first-order chi connectivity index (χ1) is 15.1. The Kier molecular flexibility index (Phi) is 6.51. The van der Waals surface area contributed by atoms with Gasteiger partial charge in [0.1, 0.15) is 5.75 Å². The molecule has 0 saturated carbocycles. The maximum atomic E-state index is 13.4. The van der Waals surface area contributed by atoms with Crippen LogP contribution in [-0.2, 0) is 9.59 Å². The normalized spacial score (nSPS) is 18.9. The number of aromatic nitrogens is 1. The topological polar surface area (TPSA) is 71.5 Å². The van der Waals surface area contributed by atoms with Crippen molar-refractivity contribution >= 4 is 38.5 Å². The molecule has 2 aromatic carbocycles. The number of fused-ring (bicyclic) bond motifs is 1. The highest BCUT2D eigenvalue weighted by atomic mass is 32.1. The Morgan fingerprint density at radius 1 is 1.23 bits per heavy atom. The Bertz CT molecular complexity index is 1030. The van der Waals surface area contributed by atoms with Gasteiger partial charge in [0.15, 0.2) is 5.13 Å². The van der Waals surface area contributed by atoms with Gasteiger partial charge in [-0.1, -0.05) is 48.9 Å². The minimum Gasteiger partial charge on any atom is -0.497 e. The summed E-state index contributed by atoms with van der Waals surface area (Å²) >= 11 is 1.47. The van der Waals surface area contributed by atoms with Gasteiger partial charge in [-0.3, -0.25) is 9.59 Å². The highest BCUT2D eigenvalue weighted by molar-refractivity contribution is 7.22. The summed E-state index contributed by atoms with van der Waals surface area (Å²) in [7, 11) is 1.63. The average molecular weight is 438 g/mol. The van der Waals surface area contributed by atoms with Crippen LogP contribution in [0.15, 0.2) is 48.5 Å². The zero-order valence-electron chi connectivity index (χ0n) is 17.8. The van der Waals surface area contributed by atoms with Crippen molar-refractivity contribution in [3.8, 4) is 5.75 Å². The van der Waals surface area contributed by atoms with Crippen molar-refractivity contribution in [3.05, 3.63) is 54.1 Å². The number of carbonyl (C=O) groups excluding carboxylic acids is 2. The highest BCUT2D eigenvalue weighted by Gasteiger charge is 2.40. The zero-order chi connectivity index (χ0) is 21.8. The largest absolute Gasteiger partial charge is 0.497 e. The van der Waals surface area contributed by atoms with Gasteiger partial charge < -0.3 is 15.0 Å². The molecule has 7 heteroatoms. The molecule has 1 aromatic heterocycles. The second kappa shape index (κ2) is 9.47. The van der Waals surface area contributed by atoms with Crippen molar-refractivity contribution < 1.29 is 14.3 Å². The van der Waals surface area contributed by atoms with E-state index in [1.165, 1.54) is 11.3 Å². The van der Waals surface area contributed by atoms with Crippen molar-refractivity contribution in [3.63, 3.8) is 0 Å². The van der Waals surface area contributed by atoms with Crippen molar-refractivity contribution in [2.24, 2.45) is 5.92 Å². The summed E-state index contributed by atoms with van der Waals surface area (Å²) in [6, 6.07) is 15.2. The number of thiazole rings is 1. The van der Waals surface area contributed by atoms with Crippen LogP contribution in [0.3, 0.4) is 0 Å². The lowest BCUT2D eigenvalue weighted by Crippen LogP contribution is -2.47. The number of hydrogen-bond donors (Lipinski definition) is 1. The molecule has 0 aliphatic carbocycles. The van der Waals surface area contributed by atoms with E-state index in [0.29, 0.717) is 24.5 Å². The molecule has 0 unspecified atom stereocenters. The number of piperidine rings is 1. The summed E-state index contributed by atoms with van der Waals surface area (Å²) < 4.78 is 6.32. The van der Waals surface area contributed by atoms with Gasteiger partial charge in [-0.15, -0.1) is 0 Å². The van der Waals surface area contributed by atoms with Crippen molar-refractivity contribution in [1.29, 1.82) is 0 Å². The van der Waals surface area contributed by atoms with Crippen LogP contribution in [0.2, 0.25) is 0 Å². The number of likely N-dealkylation sites (tertiary alicyclic amines) is 1. The summed E-state index contributed by atoms with van der Waals surface area (Å²) in [4.78, 5) is 32.6. The molecule has 2 atom stereocenters. The molecule has 0 bridgehead atoms. The van der Waals surface area contributed by atoms with Crippen LogP contribution in [-0.4, -0.2) is 35.4 Å². The Morgan fingerprint density at radius 2 is 2.00 bits per heavy atom. The lowest BCUT2D eigenvalue weighted by molar-refractivity contribution is -0.142. The maximum Gasteiger partial charge on any atom is 0.231 e. The Hall–Kier alpha value is -2.93. The standard InChI is InChI=1S/C24H27N3O3S/c1-3-4-15-27-21(28)14-13-18(22(27)16-9-11-17(30-2)12-10-16)23(29)26-24-25-19-7-5-6-8-20(19)31-24/h5-12,18,22H,3-4,13-15H2,1-2H3,(H,25,26,29)/t18-,22-/m0/s1. The minimum absolute atomic E-state index is 0.0890. The number of unbranched alkanes of at least 4 members (excludes halogenated alkanes) is 1. The number of anilines is 1. The number of nitrogens with one attached hydrogen (secondary N) is 1. The average Bonchev–Trinajstić information content (AvgIpc) is 3.20.